The number of benzene rings is 1. The first kappa shape index (κ1) is 17.0. The van der Waals surface area contributed by atoms with Crippen molar-refractivity contribution >= 4 is 11.9 Å². The molecule has 21 heavy (non-hydrogen) atoms. The van der Waals surface area contributed by atoms with E-state index in [9.17, 15) is 22.8 Å². The Morgan fingerprint density at radius 1 is 1.14 bits per heavy atom. The molecule has 1 amide bonds. The number of nitrogens with one attached hydrogen (secondary N) is 1. The van der Waals surface area contributed by atoms with Crippen LogP contribution in [0.1, 0.15) is 23.2 Å². The average Bonchev–Trinajstić information content (AvgIpc) is 2.42. The number of amides is 1. The molecule has 0 aliphatic heterocycles. The Labute approximate surface area is 118 Å². The number of aliphatic hydroxyl groups is 1. The van der Waals surface area contributed by atoms with E-state index in [1.807, 2.05) is 0 Å². The van der Waals surface area contributed by atoms with Crippen molar-refractivity contribution in [3.05, 3.63) is 35.9 Å². The van der Waals surface area contributed by atoms with Crippen molar-refractivity contribution < 1.29 is 33.0 Å². The van der Waals surface area contributed by atoms with Gasteiger partial charge in [0.2, 0.25) is 0 Å². The summed E-state index contributed by atoms with van der Waals surface area (Å²) in [4.78, 5) is 22.7. The lowest BCUT2D eigenvalue weighted by molar-refractivity contribution is -0.206. The quantitative estimate of drug-likeness (QED) is 0.744. The number of carboxylic acids is 1. The first-order valence-electron chi connectivity index (χ1n) is 6.05. The zero-order valence-corrected chi connectivity index (χ0v) is 10.8. The molecular formula is C13H14F3NO4. The Balaban J connectivity index is 2.63. The molecule has 1 aromatic carbocycles. The molecule has 3 N–H and O–H groups in total. The zero-order chi connectivity index (χ0) is 16.0. The molecule has 0 aliphatic carbocycles. The molecule has 0 radical (unpaired) electrons. The summed E-state index contributed by atoms with van der Waals surface area (Å²) in [5.41, 5.74) is 0.195. The number of alkyl halides is 3. The summed E-state index contributed by atoms with van der Waals surface area (Å²) in [7, 11) is 0. The van der Waals surface area contributed by atoms with E-state index >= 15 is 0 Å². The second-order valence-corrected chi connectivity index (χ2v) is 4.37. The molecule has 0 saturated carbocycles. The normalized spacial score (nSPS) is 14.3. The lowest BCUT2D eigenvalue weighted by atomic mass is 10.1. The van der Waals surface area contributed by atoms with Crippen LogP contribution in [0.3, 0.4) is 0 Å². The van der Waals surface area contributed by atoms with Gasteiger partial charge in [0.05, 0.1) is 0 Å². The predicted molar refractivity (Wildman–Crippen MR) is 66.6 cm³/mol. The van der Waals surface area contributed by atoms with Gasteiger partial charge in [0, 0.05) is 5.56 Å². The number of hydrogen-bond donors (Lipinski definition) is 3. The van der Waals surface area contributed by atoms with Crippen LogP contribution in [-0.2, 0) is 4.79 Å². The van der Waals surface area contributed by atoms with Crippen molar-refractivity contribution in [2.45, 2.75) is 31.2 Å². The van der Waals surface area contributed by atoms with Gasteiger partial charge in [0.1, 0.15) is 12.1 Å². The van der Waals surface area contributed by atoms with Crippen molar-refractivity contribution in [3.63, 3.8) is 0 Å². The summed E-state index contributed by atoms with van der Waals surface area (Å²) in [6.45, 7) is 0. The predicted octanol–water partition coefficient (Wildman–Crippen LogP) is 1.57. The number of hydrogen-bond acceptors (Lipinski definition) is 3. The summed E-state index contributed by atoms with van der Waals surface area (Å²) in [6, 6.07) is 6.17. The van der Waals surface area contributed by atoms with Gasteiger partial charge in [-0.1, -0.05) is 18.2 Å². The Bertz CT molecular complexity index is 490. The summed E-state index contributed by atoms with van der Waals surface area (Å²) < 4.78 is 36.4. The van der Waals surface area contributed by atoms with Gasteiger partial charge in [-0.3, -0.25) is 4.79 Å². The van der Waals surface area contributed by atoms with Crippen molar-refractivity contribution in [2.24, 2.45) is 0 Å². The molecule has 0 aliphatic rings. The van der Waals surface area contributed by atoms with E-state index in [2.05, 4.69) is 5.32 Å². The first-order chi connectivity index (χ1) is 9.71. The third-order valence-corrected chi connectivity index (χ3v) is 2.75. The maximum absolute atomic E-state index is 12.1. The minimum absolute atomic E-state index is 0.195. The summed E-state index contributed by atoms with van der Waals surface area (Å²) in [5.74, 6) is -2.17. The van der Waals surface area contributed by atoms with Crippen molar-refractivity contribution in [1.82, 2.24) is 5.32 Å². The molecule has 0 heterocycles. The number of aliphatic hydroxyl groups excluding tert-OH is 1. The highest BCUT2D eigenvalue weighted by molar-refractivity contribution is 5.96. The lowest BCUT2D eigenvalue weighted by Crippen LogP contribution is -2.42. The van der Waals surface area contributed by atoms with Crippen LogP contribution in [-0.4, -0.2) is 40.4 Å². The minimum Gasteiger partial charge on any atom is -0.480 e. The zero-order valence-electron chi connectivity index (χ0n) is 10.8. The van der Waals surface area contributed by atoms with Gasteiger partial charge in [-0.25, -0.2) is 4.79 Å². The molecule has 116 valence electrons. The number of carboxylic acid groups (broad SMARTS) is 1. The van der Waals surface area contributed by atoms with Crippen LogP contribution in [0.4, 0.5) is 13.2 Å². The van der Waals surface area contributed by atoms with Crippen molar-refractivity contribution in [2.75, 3.05) is 0 Å². The molecule has 1 rings (SSSR count). The number of carbonyl (C=O) groups excluding carboxylic acids is 1. The highest BCUT2D eigenvalue weighted by Crippen LogP contribution is 2.23. The van der Waals surface area contributed by atoms with Crippen molar-refractivity contribution in [3.8, 4) is 0 Å². The van der Waals surface area contributed by atoms with Crippen LogP contribution in [0.5, 0.6) is 0 Å². The van der Waals surface area contributed by atoms with Crippen LogP contribution in [0.25, 0.3) is 0 Å². The van der Waals surface area contributed by atoms with Gasteiger partial charge in [-0.05, 0) is 25.0 Å². The fourth-order valence-corrected chi connectivity index (χ4v) is 1.58. The average molecular weight is 305 g/mol. The fraction of sp³-hybridized carbons (Fsp3) is 0.385. The largest absolute Gasteiger partial charge is 0.480 e. The molecule has 8 heteroatoms. The van der Waals surface area contributed by atoms with Crippen molar-refractivity contribution in [1.29, 1.82) is 0 Å². The summed E-state index contributed by atoms with van der Waals surface area (Å²) in [6.07, 6.45) is -8.77. The Kier molecular flexibility index (Phi) is 5.71. The van der Waals surface area contributed by atoms with Gasteiger partial charge in [0.15, 0.2) is 0 Å². The highest BCUT2D eigenvalue weighted by atomic mass is 19.4. The fourth-order valence-electron chi connectivity index (χ4n) is 1.58. The van der Waals surface area contributed by atoms with E-state index in [-0.39, 0.29) is 5.56 Å². The monoisotopic (exact) mass is 305 g/mol. The van der Waals surface area contributed by atoms with Crippen LogP contribution in [0.15, 0.2) is 30.3 Å². The van der Waals surface area contributed by atoms with Gasteiger partial charge in [0.25, 0.3) is 5.91 Å². The second kappa shape index (κ2) is 7.07. The van der Waals surface area contributed by atoms with E-state index in [0.29, 0.717) is 0 Å². The molecule has 0 aromatic heterocycles. The Hall–Kier alpha value is -2.09. The molecule has 2 atom stereocenters. The number of halogens is 3. The van der Waals surface area contributed by atoms with Crippen LogP contribution in [0.2, 0.25) is 0 Å². The molecular weight excluding hydrogens is 291 g/mol. The third kappa shape index (κ3) is 5.42. The number of carbonyl (C=O) groups is 2. The molecule has 0 fully saturated rings. The highest BCUT2D eigenvalue weighted by Gasteiger charge is 2.38. The van der Waals surface area contributed by atoms with Gasteiger partial charge in [-0.15, -0.1) is 0 Å². The maximum Gasteiger partial charge on any atom is 0.414 e. The number of rotatable bonds is 6. The van der Waals surface area contributed by atoms with Crippen LogP contribution < -0.4 is 5.32 Å². The molecule has 1 aromatic rings. The summed E-state index contributed by atoms with van der Waals surface area (Å²) >= 11 is 0. The topological polar surface area (TPSA) is 86.6 Å². The van der Waals surface area contributed by atoms with Crippen LogP contribution >= 0.6 is 0 Å². The molecule has 0 unspecified atom stereocenters. The molecule has 5 nitrogen and oxygen atoms in total. The van der Waals surface area contributed by atoms with E-state index in [4.69, 9.17) is 10.2 Å². The van der Waals surface area contributed by atoms with E-state index in [1.54, 1.807) is 18.2 Å². The first-order valence-corrected chi connectivity index (χ1v) is 6.05. The third-order valence-electron chi connectivity index (χ3n) is 2.75. The summed E-state index contributed by atoms with van der Waals surface area (Å²) in [5, 5.41) is 19.9. The Morgan fingerprint density at radius 3 is 2.19 bits per heavy atom. The van der Waals surface area contributed by atoms with Crippen LogP contribution in [0, 0.1) is 0 Å². The molecule has 0 saturated heterocycles. The van der Waals surface area contributed by atoms with E-state index < -0.39 is 43.0 Å². The molecule has 0 spiro atoms. The van der Waals surface area contributed by atoms with E-state index in [0.717, 1.165) is 0 Å². The second-order valence-electron chi connectivity index (χ2n) is 4.37. The smallest absolute Gasteiger partial charge is 0.414 e. The lowest BCUT2D eigenvalue weighted by Gasteiger charge is -2.18. The Morgan fingerprint density at radius 2 is 1.71 bits per heavy atom. The SMILES string of the molecule is O=C(N[C@H](CC[C@H](O)C(F)(F)F)C(=O)O)c1ccccc1. The standard InChI is InChI=1S/C13H14F3NO4/c14-13(15,16)10(18)7-6-9(12(20)21)17-11(19)8-4-2-1-3-5-8/h1-5,9-10,18H,6-7H2,(H,17,19)(H,20,21)/t9-,10+/m1/s1. The van der Waals surface area contributed by atoms with E-state index in [1.165, 1.54) is 12.1 Å². The van der Waals surface area contributed by atoms with Gasteiger partial charge in [-0.2, -0.15) is 13.2 Å². The van der Waals surface area contributed by atoms with Gasteiger partial charge < -0.3 is 15.5 Å². The molecule has 0 bridgehead atoms. The maximum atomic E-state index is 12.1. The van der Waals surface area contributed by atoms with Gasteiger partial charge >= 0.3 is 12.1 Å². The number of aliphatic carboxylic acids is 1. The minimum atomic E-state index is -4.81.